The molecule has 4 unspecified atom stereocenters. The summed E-state index contributed by atoms with van der Waals surface area (Å²) in [6, 6.07) is 0.627. The molecule has 0 bridgehead atoms. The number of aromatic nitrogens is 2. The summed E-state index contributed by atoms with van der Waals surface area (Å²) >= 11 is 0. The van der Waals surface area contributed by atoms with Crippen LogP contribution in [0, 0.1) is 0 Å². The molecule has 0 saturated heterocycles. The molecule has 40 heavy (non-hydrogen) atoms. The molecule has 0 fully saturated rings. The van der Waals surface area contributed by atoms with Crippen LogP contribution >= 0.6 is 0 Å². The predicted molar refractivity (Wildman–Crippen MR) is 141 cm³/mol. The van der Waals surface area contributed by atoms with Crippen molar-refractivity contribution in [3.63, 3.8) is 0 Å². The lowest BCUT2D eigenvalue weighted by Gasteiger charge is -2.25. The van der Waals surface area contributed by atoms with Crippen LogP contribution < -0.4 is 27.4 Å². The number of carbonyl (C=O) groups excluding carboxylic acids is 3. The summed E-state index contributed by atoms with van der Waals surface area (Å²) in [6.07, 6.45) is 3.09. The number of carbonyl (C=O) groups is 5. The van der Waals surface area contributed by atoms with Crippen LogP contribution in [-0.2, 0) is 36.8 Å². The Balaban J connectivity index is 2.21. The summed E-state index contributed by atoms with van der Waals surface area (Å²) in [6.45, 7) is 0.337. The largest absolute Gasteiger partial charge is 0.508 e. The van der Waals surface area contributed by atoms with Crippen molar-refractivity contribution in [3.05, 3.63) is 48.0 Å². The zero-order valence-electron chi connectivity index (χ0n) is 21.7. The molecule has 0 aliphatic rings. The van der Waals surface area contributed by atoms with Crippen molar-refractivity contribution in [2.75, 3.05) is 6.54 Å². The number of imidazole rings is 1. The molecular formula is C25H35N7O8. The minimum atomic E-state index is -1.40. The summed E-state index contributed by atoms with van der Waals surface area (Å²) in [5.41, 5.74) is 12.2. The van der Waals surface area contributed by atoms with Crippen molar-refractivity contribution in [1.82, 2.24) is 25.9 Å². The van der Waals surface area contributed by atoms with Crippen molar-refractivity contribution < 1.29 is 39.3 Å². The second-order valence-corrected chi connectivity index (χ2v) is 9.16. The lowest BCUT2D eigenvalue weighted by atomic mass is 10.0. The number of aromatic hydroxyl groups is 1. The van der Waals surface area contributed by atoms with E-state index in [1.165, 1.54) is 36.8 Å². The van der Waals surface area contributed by atoms with Gasteiger partial charge in [0.2, 0.25) is 17.7 Å². The molecule has 1 aromatic carbocycles. The van der Waals surface area contributed by atoms with Gasteiger partial charge in [0.15, 0.2) is 0 Å². The molecule has 2 aromatic rings. The predicted octanol–water partition coefficient (Wildman–Crippen LogP) is -1.63. The number of benzene rings is 1. The first-order valence-corrected chi connectivity index (χ1v) is 12.6. The number of H-pyrrole nitrogens is 1. The van der Waals surface area contributed by atoms with E-state index in [0.717, 1.165) is 0 Å². The molecule has 218 valence electrons. The van der Waals surface area contributed by atoms with Crippen molar-refractivity contribution in [2.45, 2.75) is 62.7 Å². The zero-order valence-corrected chi connectivity index (χ0v) is 21.7. The number of aliphatic carboxylic acids is 2. The number of carboxylic acids is 2. The maximum absolute atomic E-state index is 13.2. The smallest absolute Gasteiger partial charge is 0.326 e. The van der Waals surface area contributed by atoms with Gasteiger partial charge < -0.3 is 47.7 Å². The average molecular weight is 562 g/mol. The Morgan fingerprint density at radius 3 is 2.08 bits per heavy atom. The Morgan fingerprint density at radius 1 is 0.875 bits per heavy atom. The highest BCUT2D eigenvalue weighted by atomic mass is 16.4. The molecule has 3 amide bonds. The van der Waals surface area contributed by atoms with Gasteiger partial charge >= 0.3 is 11.9 Å². The minimum absolute atomic E-state index is 0.000909. The van der Waals surface area contributed by atoms with Gasteiger partial charge in [-0.2, -0.15) is 0 Å². The van der Waals surface area contributed by atoms with E-state index >= 15 is 0 Å². The number of nitrogens with two attached hydrogens (primary N) is 2. The van der Waals surface area contributed by atoms with Gasteiger partial charge in [0.1, 0.15) is 23.9 Å². The molecule has 0 aliphatic heterocycles. The molecule has 11 N–H and O–H groups in total. The highest BCUT2D eigenvalue weighted by molar-refractivity contribution is 5.94. The van der Waals surface area contributed by atoms with Gasteiger partial charge in [0, 0.05) is 24.7 Å². The van der Waals surface area contributed by atoms with Crippen LogP contribution in [0.5, 0.6) is 5.75 Å². The van der Waals surface area contributed by atoms with Crippen molar-refractivity contribution in [1.29, 1.82) is 0 Å². The molecule has 4 atom stereocenters. The molecule has 2 rings (SSSR count). The lowest BCUT2D eigenvalue weighted by molar-refractivity contribution is -0.142. The molecule has 0 aliphatic carbocycles. The van der Waals surface area contributed by atoms with Gasteiger partial charge in [-0.3, -0.25) is 19.2 Å². The number of phenolic OH excluding ortho intramolecular Hbond substituents is 1. The van der Waals surface area contributed by atoms with Crippen LogP contribution in [0.4, 0.5) is 0 Å². The van der Waals surface area contributed by atoms with E-state index in [0.29, 0.717) is 30.6 Å². The van der Waals surface area contributed by atoms with E-state index in [1.807, 2.05) is 0 Å². The quantitative estimate of drug-likeness (QED) is 0.0990. The van der Waals surface area contributed by atoms with Crippen LogP contribution in [0.25, 0.3) is 0 Å². The number of nitrogens with one attached hydrogen (secondary N) is 4. The van der Waals surface area contributed by atoms with E-state index < -0.39 is 60.2 Å². The van der Waals surface area contributed by atoms with Crippen LogP contribution in [0.1, 0.15) is 36.9 Å². The number of nitrogens with zero attached hydrogens (tertiary/aromatic N) is 1. The van der Waals surface area contributed by atoms with Crippen molar-refractivity contribution >= 4 is 29.7 Å². The molecule has 1 heterocycles. The summed E-state index contributed by atoms with van der Waals surface area (Å²) in [5, 5.41) is 35.5. The summed E-state index contributed by atoms with van der Waals surface area (Å²) < 4.78 is 0. The Morgan fingerprint density at radius 2 is 1.50 bits per heavy atom. The Bertz CT molecular complexity index is 1140. The highest BCUT2D eigenvalue weighted by Crippen LogP contribution is 2.12. The number of hydrogen-bond acceptors (Lipinski definition) is 9. The maximum Gasteiger partial charge on any atom is 0.326 e. The van der Waals surface area contributed by atoms with E-state index in [1.54, 1.807) is 0 Å². The van der Waals surface area contributed by atoms with Crippen LogP contribution in [0.3, 0.4) is 0 Å². The van der Waals surface area contributed by atoms with Crippen molar-refractivity contribution in [3.8, 4) is 5.75 Å². The van der Waals surface area contributed by atoms with Gasteiger partial charge in [-0.25, -0.2) is 9.78 Å². The molecule has 1 aromatic heterocycles. The number of phenols is 1. The first-order valence-electron chi connectivity index (χ1n) is 12.6. The van der Waals surface area contributed by atoms with Gasteiger partial charge in [-0.1, -0.05) is 12.1 Å². The Kier molecular flexibility index (Phi) is 12.5. The third kappa shape index (κ3) is 10.7. The summed E-state index contributed by atoms with van der Waals surface area (Å²) in [4.78, 5) is 68.5. The van der Waals surface area contributed by atoms with Gasteiger partial charge in [0.05, 0.1) is 18.8 Å². The van der Waals surface area contributed by atoms with E-state index in [-0.39, 0.29) is 25.0 Å². The topological polar surface area (TPSA) is 263 Å². The van der Waals surface area contributed by atoms with Crippen LogP contribution in [0.15, 0.2) is 36.8 Å². The third-order valence-electron chi connectivity index (χ3n) is 5.91. The standard InChI is InChI=1S/C25H35N7O8/c26-8-2-1-3-18(30-22(36)17(27)11-21(34)35)23(37)31-19(10-15-12-28-13-29-15)24(38)32-20(25(39)40)9-14-4-6-16(33)7-5-14/h4-7,12-13,17-20,33H,1-3,8-11,26-27H2,(H,28,29)(H,30,36)(H,31,37)(H,32,38)(H,34,35)(H,39,40). The monoisotopic (exact) mass is 561 g/mol. The molecule has 0 saturated carbocycles. The number of aromatic amines is 1. The summed E-state index contributed by atoms with van der Waals surface area (Å²) in [5.74, 6) is -5.01. The minimum Gasteiger partial charge on any atom is -0.508 e. The fraction of sp³-hybridized carbons (Fsp3) is 0.440. The average Bonchev–Trinajstić information content (AvgIpc) is 3.41. The van der Waals surface area contributed by atoms with Crippen LogP contribution in [-0.4, -0.2) is 85.7 Å². The first-order chi connectivity index (χ1) is 19.0. The molecule has 0 radical (unpaired) electrons. The third-order valence-corrected chi connectivity index (χ3v) is 5.91. The van der Waals surface area contributed by atoms with Crippen LogP contribution in [0.2, 0.25) is 0 Å². The molecule has 15 heteroatoms. The number of carboxylic acid groups (broad SMARTS) is 2. The Labute approximate surface area is 229 Å². The zero-order chi connectivity index (χ0) is 29.7. The first kappa shape index (κ1) is 31.7. The molecule has 15 nitrogen and oxygen atoms in total. The van der Waals surface area contributed by atoms with Crippen molar-refractivity contribution in [2.24, 2.45) is 11.5 Å². The second kappa shape index (κ2) is 15.8. The number of amides is 3. The van der Waals surface area contributed by atoms with E-state index in [9.17, 15) is 34.2 Å². The molecule has 0 spiro atoms. The lowest BCUT2D eigenvalue weighted by Crippen LogP contribution is -2.58. The van der Waals surface area contributed by atoms with Gasteiger partial charge in [0.25, 0.3) is 0 Å². The Hall–Kier alpha value is -4.50. The van der Waals surface area contributed by atoms with Gasteiger partial charge in [-0.15, -0.1) is 0 Å². The highest BCUT2D eigenvalue weighted by Gasteiger charge is 2.31. The van der Waals surface area contributed by atoms with Gasteiger partial charge in [-0.05, 0) is 43.5 Å². The van der Waals surface area contributed by atoms with E-state index in [4.69, 9.17) is 16.6 Å². The maximum atomic E-state index is 13.2. The number of hydrogen-bond donors (Lipinski definition) is 9. The number of rotatable bonds is 17. The number of unbranched alkanes of at least 4 members (excludes halogenated alkanes) is 1. The second-order valence-electron chi connectivity index (χ2n) is 9.16. The molecular weight excluding hydrogens is 526 g/mol. The fourth-order valence-electron chi connectivity index (χ4n) is 3.76. The fourth-order valence-corrected chi connectivity index (χ4v) is 3.76. The van der Waals surface area contributed by atoms with E-state index in [2.05, 4.69) is 25.9 Å². The SMILES string of the molecule is NCCCCC(NC(=O)C(N)CC(=O)O)C(=O)NC(Cc1cnc[nH]1)C(=O)NC(Cc1ccc(O)cc1)C(=O)O. The normalized spacial score (nSPS) is 13.8. The summed E-state index contributed by atoms with van der Waals surface area (Å²) in [7, 11) is 0.